The first-order chi connectivity index (χ1) is 11.1. The first kappa shape index (κ1) is 17.1. The molecule has 0 saturated carbocycles. The lowest BCUT2D eigenvalue weighted by atomic mass is 10.2. The van der Waals surface area contributed by atoms with Crippen molar-refractivity contribution in [2.75, 3.05) is 34.7 Å². The van der Waals surface area contributed by atoms with Crippen LogP contribution in [0.3, 0.4) is 0 Å². The van der Waals surface area contributed by atoms with Gasteiger partial charge in [-0.05, 0) is 31.8 Å². The second kappa shape index (κ2) is 8.39. The Kier molecular flexibility index (Phi) is 6.23. The molecule has 0 radical (unpaired) electrons. The Bertz CT molecular complexity index is 593. The van der Waals surface area contributed by atoms with E-state index in [4.69, 9.17) is 4.42 Å². The summed E-state index contributed by atoms with van der Waals surface area (Å²) in [5.74, 6) is 1.82. The standard InChI is InChI=1S/C18H26N4O/c1-19-18(22(4)14-15-9-6-5-7-10-15)20-13-16(21(2)3)17-11-8-12-23-17/h5-12,16H,13-14H2,1-4H3,(H,19,20). The van der Waals surface area contributed by atoms with Gasteiger partial charge in [-0.15, -0.1) is 0 Å². The van der Waals surface area contributed by atoms with Crippen LogP contribution in [0.15, 0.2) is 58.1 Å². The number of guanidine groups is 1. The monoisotopic (exact) mass is 314 g/mol. The number of rotatable bonds is 6. The molecule has 0 aliphatic rings. The molecule has 1 aromatic heterocycles. The predicted octanol–water partition coefficient (Wildman–Crippen LogP) is 2.59. The molecule has 0 saturated heterocycles. The summed E-state index contributed by atoms with van der Waals surface area (Å²) in [5.41, 5.74) is 1.26. The minimum Gasteiger partial charge on any atom is -0.468 e. The van der Waals surface area contributed by atoms with Gasteiger partial charge in [-0.2, -0.15) is 0 Å². The molecule has 2 rings (SSSR count). The van der Waals surface area contributed by atoms with E-state index in [1.54, 1.807) is 13.3 Å². The highest BCUT2D eigenvalue weighted by Crippen LogP contribution is 2.17. The Labute approximate surface area is 138 Å². The van der Waals surface area contributed by atoms with Crippen LogP contribution in [0.25, 0.3) is 0 Å². The highest BCUT2D eigenvalue weighted by Gasteiger charge is 2.18. The third-order valence-corrected chi connectivity index (χ3v) is 3.78. The minimum atomic E-state index is 0.159. The molecule has 1 N–H and O–H groups in total. The Morgan fingerprint density at radius 3 is 2.43 bits per heavy atom. The average molecular weight is 314 g/mol. The zero-order valence-corrected chi connectivity index (χ0v) is 14.4. The van der Waals surface area contributed by atoms with Crippen LogP contribution in [0.5, 0.6) is 0 Å². The molecule has 124 valence electrons. The smallest absolute Gasteiger partial charge is 0.193 e. The number of benzene rings is 1. The van der Waals surface area contributed by atoms with Crippen molar-refractivity contribution in [2.45, 2.75) is 12.6 Å². The van der Waals surface area contributed by atoms with Gasteiger partial charge < -0.3 is 14.6 Å². The average Bonchev–Trinajstić information content (AvgIpc) is 3.06. The van der Waals surface area contributed by atoms with Crippen molar-refractivity contribution >= 4 is 5.96 Å². The van der Waals surface area contributed by atoms with Crippen molar-refractivity contribution in [1.29, 1.82) is 0 Å². The number of nitrogens with one attached hydrogen (secondary N) is 1. The molecule has 2 aromatic rings. The molecule has 5 nitrogen and oxygen atoms in total. The molecule has 1 heterocycles. The normalized spacial score (nSPS) is 13.2. The summed E-state index contributed by atoms with van der Waals surface area (Å²) >= 11 is 0. The Balaban J connectivity index is 1.96. The second-order valence-corrected chi connectivity index (χ2v) is 5.76. The first-order valence-electron chi connectivity index (χ1n) is 7.77. The van der Waals surface area contributed by atoms with Crippen LogP contribution in [0.1, 0.15) is 17.4 Å². The number of hydrogen-bond donors (Lipinski definition) is 1. The van der Waals surface area contributed by atoms with Gasteiger partial charge in [0.25, 0.3) is 0 Å². The quantitative estimate of drug-likeness (QED) is 0.657. The van der Waals surface area contributed by atoms with Crippen LogP contribution in [-0.2, 0) is 6.54 Å². The molecule has 5 heteroatoms. The minimum absolute atomic E-state index is 0.159. The van der Waals surface area contributed by atoms with Crippen LogP contribution in [0.4, 0.5) is 0 Å². The van der Waals surface area contributed by atoms with Gasteiger partial charge in [0.1, 0.15) is 5.76 Å². The lowest BCUT2D eigenvalue weighted by Crippen LogP contribution is -2.42. The number of hydrogen-bond acceptors (Lipinski definition) is 3. The summed E-state index contributed by atoms with van der Waals surface area (Å²) in [6.07, 6.45) is 1.71. The van der Waals surface area contributed by atoms with Crippen molar-refractivity contribution in [1.82, 2.24) is 15.1 Å². The predicted molar refractivity (Wildman–Crippen MR) is 94.4 cm³/mol. The maximum Gasteiger partial charge on any atom is 0.193 e. The fourth-order valence-electron chi connectivity index (χ4n) is 2.52. The van der Waals surface area contributed by atoms with E-state index in [0.717, 1.165) is 24.8 Å². The first-order valence-corrected chi connectivity index (χ1v) is 7.77. The largest absolute Gasteiger partial charge is 0.468 e. The maximum atomic E-state index is 5.54. The van der Waals surface area contributed by atoms with E-state index in [2.05, 4.69) is 44.4 Å². The van der Waals surface area contributed by atoms with E-state index in [1.807, 2.05) is 39.3 Å². The topological polar surface area (TPSA) is 44.0 Å². The molecular weight excluding hydrogens is 288 g/mol. The summed E-state index contributed by atoms with van der Waals surface area (Å²) in [4.78, 5) is 8.63. The number of furan rings is 1. The van der Waals surface area contributed by atoms with Gasteiger partial charge in [0.05, 0.1) is 12.3 Å². The van der Waals surface area contributed by atoms with Crippen molar-refractivity contribution in [3.05, 3.63) is 60.1 Å². The fraction of sp³-hybridized carbons (Fsp3) is 0.389. The SMILES string of the molecule is CN=C(NCC(c1ccco1)N(C)C)N(C)Cc1ccccc1. The van der Waals surface area contributed by atoms with Gasteiger partial charge in [0, 0.05) is 27.2 Å². The highest BCUT2D eigenvalue weighted by molar-refractivity contribution is 5.79. The van der Waals surface area contributed by atoms with E-state index in [9.17, 15) is 0 Å². The van der Waals surface area contributed by atoms with Gasteiger partial charge >= 0.3 is 0 Å². The van der Waals surface area contributed by atoms with Crippen molar-refractivity contribution in [3.63, 3.8) is 0 Å². The van der Waals surface area contributed by atoms with Gasteiger partial charge in [0.15, 0.2) is 5.96 Å². The van der Waals surface area contributed by atoms with E-state index < -0.39 is 0 Å². The van der Waals surface area contributed by atoms with Crippen LogP contribution in [0.2, 0.25) is 0 Å². The molecule has 0 spiro atoms. The summed E-state index contributed by atoms with van der Waals surface area (Å²) < 4.78 is 5.54. The zero-order chi connectivity index (χ0) is 16.7. The lowest BCUT2D eigenvalue weighted by molar-refractivity contribution is 0.256. The highest BCUT2D eigenvalue weighted by atomic mass is 16.3. The molecule has 1 unspecified atom stereocenters. The van der Waals surface area contributed by atoms with Crippen molar-refractivity contribution in [3.8, 4) is 0 Å². The third-order valence-electron chi connectivity index (χ3n) is 3.78. The van der Waals surface area contributed by atoms with Crippen LogP contribution >= 0.6 is 0 Å². The molecule has 1 atom stereocenters. The molecular formula is C18H26N4O. The van der Waals surface area contributed by atoms with Crippen LogP contribution < -0.4 is 5.32 Å². The maximum absolute atomic E-state index is 5.54. The molecule has 0 aliphatic heterocycles. The molecule has 23 heavy (non-hydrogen) atoms. The molecule has 0 bridgehead atoms. The van der Waals surface area contributed by atoms with Gasteiger partial charge in [0.2, 0.25) is 0 Å². The molecule has 0 amide bonds. The van der Waals surface area contributed by atoms with Crippen LogP contribution in [0, 0.1) is 0 Å². The summed E-state index contributed by atoms with van der Waals surface area (Å²) in [5, 5.41) is 3.43. The second-order valence-electron chi connectivity index (χ2n) is 5.76. The number of likely N-dealkylation sites (N-methyl/N-ethyl adjacent to an activating group) is 1. The Hall–Kier alpha value is -2.27. The van der Waals surface area contributed by atoms with Crippen molar-refractivity contribution in [2.24, 2.45) is 4.99 Å². The summed E-state index contributed by atoms with van der Waals surface area (Å²) in [6.45, 7) is 1.54. The molecule has 0 aliphatic carbocycles. The van der Waals surface area contributed by atoms with E-state index in [1.165, 1.54) is 5.56 Å². The number of aliphatic imine (C=N–C) groups is 1. The van der Waals surface area contributed by atoms with Crippen LogP contribution in [-0.4, -0.2) is 50.5 Å². The van der Waals surface area contributed by atoms with Gasteiger partial charge in [-0.25, -0.2) is 0 Å². The lowest BCUT2D eigenvalue weighted by Gasteiger charge is -2.27. The van der Waals surface area contributed by atoms with Gasteiger partial charge in [-0.3, -0.25) is 9.89 Å². The Morgan fingerprint density at radius 2 is 1.87 bits per heavy atom. The van der Waals surface area contributed by atoms with Crippen molar-refractivity contribution < 1.29 is 4.42 Å². The molecule has 0 fully saturated rings. The summed E-state index contributed by atoms with van der Waals surface area (Å²) in [6, 6.07) is 14.5. The van der Waals surface area contributed by atoms with E-state index >= 15 is 0 Å². The molecule has 1 aromatic carbocycles. The third kappa shape index (κ3) is 4.86. The van der Waals surface area contributed by atoms with Gasteiger partial charge in [-0.1, -0.05) is 30.3 Å². The summed E-state index contributed by atoms with van der Waals surface area (Å²) in [7, 11) is 7.94. The Morgan fingerprint density at radius 1 is 1.13 bits per heavy atom. The number of nitrogens with zero attached hydrogens (tertiary/aromatic N) is 3. The van der Waals surface area contributed by atoms with E-state index in [0.29, 0.717) is 0 Å². The van der Waals surface area contributed by atoms with E-state index in [-0.39, 0.29) is 6.04 Å². The fourth-order valence-corrected chi connectivity index (χ4v) is 2.52. The zero-order valence-electron chi connectivity index (χ0n) is 14.4.